The van der Waals surface area contributed by atoms with Gasteiger partial charge in [-0.2, -0.15) is 0 Å². The van der Waals surface area contributed by atoms with Crippen LogP contribution in [0.3, 0.4) is 0 Å². The molecule has 2 aromatic carbocycles. The lowest BCUT2D eigenvalue weighted by atomic mass is 9.98. The minimum Gasteiger partial charge on any atom is -0.481 e. The summed E-state index contributed by atoms with van der Waals surface area (Å²) < 4.78 is 9.96. The van der Waals surface area contributed by atoms with E-state index in [2.05, 4.69) is 25.6 Å². The summed E-state index contributed by atoms with van der Waals surface area (Å²) in [4.78, 5) is 35.6. The smallest absolute Gasteiger partial charge is 0.412 e. The lowest BCUT2D eigenvalue weighted by Gasteiger charge is -2.21. The van der Waals surface area contributed by atoms with Crippen molar-refractivity contribution in [3.8, 4) is 11.1 Å². The Morgan fingerprint density at radius 1 is 1.06 bits per heavy atom. The number of carbonyl (C=O) groups is 3. The molecule has 11 nitrogen and oxygen atoms in total. The molecule has 0 saturated heterocycles. The number of nitrogens with zero attached hydrogens (tertiary/aromatic N) is 2. The van der Waals surface area contributed by atoms with Crippen molar-refractivity contribution in [2.24, 2.45) is 0 Å². The molecule has 0 bridgehead atoms. The fourth-order valence-electron chi connectivity index (χ4n) is 3.89. The molecule has 3 aromatic rings. The molecule has 1 aliphatic carbocycles. The van der Waals surface area contributed by atoms with Crippen LogP contribution in [0.15, 0.2) is 53.2 Å². The van der Waals surface area contributed by atoms with Gasteiger partial charge in [-0.3, -0.25) is 14.9 Å². The van der Waals surface area contributed by atoms with Gasteiger partial charge in [-0.05, 0) is 39.5 Å². The molecule has 0 aliphatic heterocycles. The third-order valence-corrected chi connectivity index (χ3v) is 5.43. The zero-order valence-electron chi connectivity index (χ0n) is 18.1. The van der Waals surface area contributed by atoms with Crippen LogP contribution in [-0.4, -0.2) is 57.2 Å². The molecule has 4 rings (SSSR count). The molecular weight excluding hydrogens is 444 g/mol. The van der Waals surface area contributed by atoms with Gasteiger partial charge in [0, 0.05) is 12.5 Å². The molecule has 1 aliphatic rings. The molecule has 34 heavy (non-hydrogen) atoms. The van der Waals surface area contributed by atoms with Crippen molar-refractivity contribution < 1.29 is 34.0 Å². The van der Waals surface area contributed by atoms with E-state index in [0.717, 1.165) is 22.3 Å². The molecule has 0 fully saturated rings. The average Bonchev–Trinajstić information content (AvgIpc) is 3.38. The topological polar surface area (TPSA) is 164 Å². The standard InChI is InChI=1S/C23H22N4O7/c1-23(32,10-18(28)29)12-24-21(30)19-20(27-34-26-19)25-22(31)33-11-17-15-8-4-2-6-13(15)14-7-3-5-9-16(14)17/h2-9,17,32H,10-12H2,1H3,(H,24,30)(H,28,29)(H,25,27,31). The Balaban J connectivity index is 1.38. The number of benzene rings is 2. The number of fused-ring (bicyclic) bond motifs is 3. The van der Waals surface area contributed by atoms with Crippen LogP contribution in [0.4, 0.5) is 10.6 Å². The zero-order chi connectivity index (χ0) is 24.3. The van der Waals surface area contributed by atoms with E-state index in [1.165, 1.54) is 6.92 Å². The Morgan fingerprint density at radius 3 is 2.29 bits per heavy atom. The van der Waals surface area contributed by atoms with Crippen molar-refractivity contribution in [2.75, 3.05) is 18.5 Å². The first kappa shape index (κ1) is 22.9. The number of ether oxygens (including phenoxy) is 1. The van der Waals surface area contributed by atoms with Gasteiger partial charge in [-0.25, -0.2) is 9.42 Å². The van der Waals surface area contributed by atoms with Crippen LogP contribution in [0.5, 0.6) is 0 Å². The van der Waals surface area contributed by atoms with Crippen molar-refractivity contribution >= 4 is 23.8 Å². The second-order valence-electron chi connectivity index (χ2n) is 8.16. The molecule has 4 N–H and O–H groups in total. The molecule has 1 aromatic heterocycles. The van der Waals surface area contributed by atoms with Crippen molar-refractivity contribution in [1.29, 1.82) is 0 Å². The summed E-state index contributed by atoms with van der Waals surface area (Å²) in [6.45, 7) is 0.957. The van der Waals surface area contributed by atoms with Gasteiger partial charge in [0.15, 0.2) is 0 Å². The van der Waals surface area contributed by atoms with E-state index in [4.69, 9.17) is 9.84 Å². The quantitative estimate of drug-likeness (QED) is 0.390. The Hall–Kier alpha value is -4.25. The van der Waals surface area contributed by atoms with Gasteiger partial charge < -0.3 is 20.3 Å². The predicted octanol–water partition coefficient (Wildman–Crippen LogP) is 2.39. The van der Waals surface area contributed by atoms with E-state index in [1.54, 1.807) is 0 Å². The summed E-state index contributed by atoms with van der Waals surface area (Å²) in [5, 5.41) is 30.5. The first-order valence-electron chi connectivity index (χ1n) is 10.4. The van der Waals surface area contributed by atoms with Crippen molar-refractivity contribution in [1.82, 2.24) is 15.6 Å². The van der Waals surface area contributed by atoms with Gasteiger partial charge >= 0.3 is 12.1 Å². The predicted molar refractivity (Wildman–Crippen MR) is 118 cm³/mol. The van der Waals surface area contributed by atoms with Crippen molar-refractivity contribution in [3.05, 3.63) is 65.4 Å². The Bertz CT molecular complexity index is 1190. The lowest BCUT2D eigenvalue weighted by Crippen LogP contribution is -2.42. The minimum absolute atomic E-state index is 0.0602. The number of amides is 2. The molecule has 1 heterocycles. The summed E-state index contributed by atoms with van der Waals surface area (Å²) in [7, 11) is 0. The highest BCUT2D eigenvalue weighted by Gasteiger charge is 2.30. The van der Waals surface area contributed by atoms with Crippen molar-refractivity contribution in [3.63, 3.8) is 0 Å². The van der Waals surface area contributed by atoms with Gasteiger partial charge in [-0.15, -0.1) is 0 Å². The van der Waals surface area contributed by atoms with Gasteiger partial charge in [0.05, 0.1) is 12.0 Å². The molecule has 1 unspecified atom stereocenters. The second kappa shape index (κ2) is 9.32. The molecule has 0 spiro atoms. The van der Waals surface area contributed by atoms with Gasteiger partial charge in [0.25, 0.3) is 5.91 Å². The number of nitrogens with one attached hydrogen (secondary N) is 2. The first-order valence-corrected chi connectivity index (χ1v) is 10.4. The number of aromatic nitrogens is 2. The van der Waals surface area contributed by atoms with Crippen LogP contribution >= 0.6 is 0 Å². The lowest BCUT2D eigenvalue weighted by molar-refractivity contribution is -0.141. The normalized spacial score (nSPS) is 13.9. The van der Waals surface area contributed by atoms with Crippen LogP contribution in [0.2, 0.25) is 0 Å². The van der Waals surface area contributed by atoms with Gasteiger partial charge in [0.2, 0.25) is 11.5 Å². The summed E-state index contributed by atoms with van der Waals surface area (Å²) in [5.74, 6) is -2.46. The fourth-order valence-corrected chi connectivity index (χ4v) is 3.89. The number of carboxylic acid groups (broad SMARTS) is 1. The maximum absolute atomic E-state index is 12.4. The Labute approximate surface area is 193 Å². The second-order valence-corrected chi connectivity index (χ2v) is 8.16. The Kier molecular flexibility index (Phi) is 6.28. The summed E-state index contributed by atoms with van der Waals surface area (Å²) in [5.41, 5.74) is 2.25. The van der Waals surface area contributed by atoms with Gasteiger partial charge in [-0.1, -0.05) is 48.5 Å². The number of rotatable bonds is 8. The average molecular weight is 466 g/mol. The number of aliphatic carboxylic acids is 1. The number of aliphatic hydroxyl groups is 1. The first-order chi connectivity index (χ1) is 16.2. The van der Waals surface area contributed by atoms with Crippen LogP contribution in [0.25, 0.3) is 11.1 Å². The molecule has 11 heteroatoms. The summed E-state index contributed by atoms with van der Waals surface area (Å²) in [6.07, 6.45) is -1.43. The third kappa shape index (κ3) is 4.89. The highest BCUT2D eigenvalue weighted by Crippen LogP contribution is 2.44. The number of anilines is 1. The SMILES string of the molecule is CC(O)(CNC(=O)c1nonc1NC(=O)OCC1c2ccccc2-c2ccccc21)CC(=O)O. The molecule has 0 saturated carbocycles. The molecule has 176 valence electrons. The third-order valence-electron chi connectivity index (χ3n) is 5.43. The summed E-state index contributed by atoms with van der Waals surface area (Å²) in [6, 6.07) is 15.8. The number of carbonyl (C=O) groups excluding carboxylic acids is 2. The highest BCUT2D eigenvalue weighted by molar-refractivity contribution is 5.99. The molecule has 2 amide bonds. The number of hydrogen-bond donors (Lipinski definition) is 4. The molecule has 0 radical (unpaired) electrons. The molecule has 1 atom stereocenters. The van der Waals surface area contributed by atoms with E-state index < -0.39 is 30.0 Å². The molecular formula is C23H22N4O7. The van der Waals surface area contributed by atoms with Gasteiger partial charge in [0.1, 0.15) is 6.61 Å². The van der Waals surface area contributed by atoms with Crippen LogP contribution in [0.1, 0.15) is 40.9 Å². The largest absolute Gasteiger partial charge is 0.481 e. The zero-order valence-corrected chi connectivity index (χ0v) is 18.1. The van der Waals surface area contributed by atoms with Crippen LogP contribution in [0, 0.1) is 0 Å². The van der Waals surface area contributed by atoms with E-state index >= 15 is 0 Å². The maximum atomic E-state index is 12.4. The summed E-state index contributed by atoms with van der Waals surface area (Å²) >= 11 is 0. The van der Waals surface area contributed by atoms with E-state index in [1.807, 2.05) is 48.5 Å². The monoisotopic (exact) mass is 466 g/mol. The maximum Gasteiger partial charge on any atom is 0.412 e. The fraction of sp³-hybridized carbons (Fsp3) is 0.261. The minimum atomic E-state index is -1.68. The van der Waals surface area contributed by atoms with Crippen molar-refractivity contribution in [2.45, 2.75) is 24.9 Å². The van der Waals surface area contributed by atoms with E-state index in [-0.39, 0.29) is 30.6 Å². The number of carboxylic acids is 1. The van der Waals surface area contributed by atoms with E-state index in [9.17, 15) is 19.5 Å². The van der Waals surface area contributed by atoms with E-state index in [0.29, 0.717) is 0 Å². The Morgan fingerprint density at radius 2 is 1.68 bits per heavy atom. The van der Waals surface area contributed by atoms with Crippen LogP contribution < -0.4 is 10.6 Å². The number of hydrogen-bond acceptors (Lipinski definition) is 8. The van der Waals surface area contributed by atoms with Crippen LogP contribution in [-0.2, 0) is 9.53 Å². The highest BCUT2D eigenvalue weighted by atomic mass is 16.6.